The van der Waals surface area contributed by atoms with Crippen LogP contribution >= 0.6 is 0 Å². The monoisotopic (exact) mass is 245 g/mol. The van der Waals surface area contributed by atoms with Gasteiger partial charge < -0.3 is 19.5 Å². The summed E-state index contributed by atoms with van der Waals surface area (Å²) in [4.78, 5) is 11.5. The molecule has 0 radical (unpaired) electrons. The summed E-state index contributed by atoms with van der Waals surface area (Å²) in [6.07, 6.45) is 1.04. The number of esters is 1. The molecule has 1 saturated heterocycles. The Morgan fingerprint density at radius 1 is 1.53 bits per heavy atom. The second-order valence-electron chi connectivity index (χ2n) is 4.66. The third kappa shape index (κ3) is 5.48. The molecule has 5 heteroatoms. The molecule has 1 aliphatic rings. The van der Waals surface area contributed by atoms with Crippen LogP contribution in [0.3, 0.4) is 0 Å². The first-order valence-corrected chi connectivity index (χ1v) is 6.12. The molecule has 0 aliphatic carbocycles. The van der Waals surface area contributed by atoms with Crippen molar-refractivity contribution in [3.63, 3.8) is 0 Å². The minimum Gasteiger partial charge on any atom is -0.468 e. The highest BCUT2D eigenvalue weighted by molar-refractivity contribution is 5.75. The van der Waals surface area contributed by atoms with Crippen LogP contribution in [0.4, 0.5) is 0 Å². The van der Waals surface area contributed by atoms with Gasteiger partial charge in [0, 0.05) is 18.6 Å². The van der Waals surface area contributed by atoms with E-state index in [2.05, 4.69) is 5.32 Å². The number of carbonyl (C=O) groups is 1. The van der Waals surface area contributed by atoms with Gasteiger partial charge in [0.1, 0.15) is 6.04 Å². The van der Waals surface area contributed by atoms with Crippen LogP contribution in [0.2, 0.25) is 0 Å². The van der Waals surface area contributed by atoms with Gasteiger partial charge in [-0.3, -0.25) is 4.79 Å². The van der Waals surface area contributed by atoms with Crippen LogP contribution in [0.1, 0.15) is 20.3 Å². The summed E-state index contributed by atoms with van der Waals surface area (Å²) in [5.41, 5.74) is 0. The van der Waals surface area contributed by atoms with Crippen LogP contribution in [0, 0.1) is 5.92 Å². The molecule has 0 saturated carbocycles. The standard InChI is InChI=1S/C12H23NO4/c1-9(2)13-11(12(14)15-3)8-17-7-10-4-5-16-6-10/h9-11,13H,4-8H2,1-3H3. The summed E-state index contributed by atoms with van der Waals surface area (Å²) in [5, 5.41) is 3.13. The number of rotatable bonds is 7. The highest BCUT2D eigenvalue weighted by Gasteiger charge is 2.21. The van der Waals surface area contributed by atoms with E-state index >= 15 is 0 Å². The largest absolute Gasteiger partial charge is 0.468 e. The van der Waals surface area contributed by atoms with Gasteiger partial charge in [-0.25, -0.2) is 0 Å². The summed E-state index contributed by atoms with van der Waals surface area (Å²) < 4.78 is 15.6. The zero-order chi connectivity index (χ0) is 12.7. The maximum atomic E-state index is 11.5. The molecule has 2 atom stereocenters. The highest BCUT2D eigenvalue weighted by atomic mass is 16.5. The van der Waals surface area contributed by atoms with Crippen LogP contribution in [-0.4, -0.2) is 51.6 Å². The highest BCUT2D eigenvalue weighted by Crippen LogP contribution is 2.12. The van der Waals surface area contributed by atoms with Gasteiger partial charge in [-0.15, -0.1) is 0 Å². The fourth-order valence-corrected chi connectivity index (χ4v) is 1.80. The minimum atomic E-state index is -0.387. The molecule has 1 aliphatic heterocycles. The first kappa shape index (κ1) is 14.4. The molecule has 1 rings (SSSR count). The van der Waals surface area contributed by atoms with Crippen molar-refractivity contribution in [2.45, 2.75) is 32.4 Å². The van der Waals surface area contributed by atoms with Gasteiger partial charge >= 0.3 is 5.97 Å². The summed E-state index contributed by atoms with van der Waals surface area (Å²) in [6.45, 7) is 6.55. The van der Waals surface area contributed by atoms with Crippen molar-refractivity contribution >= 4 is 5.97 Å². The SMILES string of the molecule is COC(=O)C(COCC1CCOC1)NC(C)C. The molecule has 0 amide bonds. The van der Waals surface area contributed by atoms with Crippen molar-refractivity contribution in [1.82, 2.24) is 5.32 Å². The molecule has 5 nitrogen and oxygen atoms in total. The Morgan fingerprint density at radius 2 is 2.29 bits per heavy atom. The normalized spacial score (nSPS) is 21.8. The third-order valence-corrected chi connectivity index (χ3v) is 2.68. The van der Waals surface area contributed by atoms with E-state index in [1.54, 1.807) is 0 Å². The minimum absolute atomic E-state index is 0.220. The van der Waals surface area contributed by atoms with E-state index in [-0.39, 0.29) is 18.1 Å². The molecule has 1 fully saturated rings. The average Bonchev–Trinajstić information content (AvgIpc) is 2.79. The Hall–Kier alpha value is -0.650. The lowest BCUT2D eigenvalue weighted by Crippen LogP contribution is -2.45. The van der Waals surface area contributed by atoms with Gasteiger partial charge in [0.2, 0.25) is 0 Å². The molecule has 0 aromatic carbocycles. The molecule has 2 unspecified atom stereocenters. The Bertz CT molecular complexity index is 227. The van der Waals surface area contributed by atoms with Crippen LogP contribution in [-0.2, 0) is 19.0 Å². The van der Waals surface area contributed by atoms with Crippen LogP contribution in [0.15, 0.2) is 0 Å². The number of nitrogens with one attached hydrogen (secondary N) is 1. The lowest BCUT2D eigenvalue weighted by atomic mass is 10.1. The number of methoxy groups -OCH3 is 1. The first-order valence-electron chi connectivity index (χ1n) is 6.12. The summed E-state index contributed by atoms with van der Waals surface area (Å²) in [5.74, 6) is 0.189. The molecule has 0 spiro atoms. The van der Waals surface area contributed by atoms with E-state index in [0.717, 1.165) is 19.6 Å². The number of ether oxygens (including phenoxy) is 3. The maximum absolute atomic E-state index is 11.5. The van der Waals surface area contributed by atoms with Crippen molar-refractivity contribution in [2.24, 2.45) is 5.92 Å². The van der Waals surface area contributed by atoms with Gasteiger partial charge in [-0.2, -0.15) is 0 Å². The first-order chi connectivity index (χ1) is 8.13. The Balaban J connectivity index is 2.24. The average molecular weight is 245 g/mol. The smallest absolute Gasteiger partial charge is 0.325 e. The van der Waals surface area contributed by atoms with Gasteiger partial charge in [-0.05, 0) is 6.42 Å². The van der Waals surface area contributed by atoms with Gasteiger partial charge in [-0.1, -0.05) is 13.8 Å². The molecule has 0 bridgehead atoms. The van der Waals surface area contributed by atoms with Gasteiger partial charge in [0.25, 0.3) is 0 Å². The van der Waals surface area contributed by atoms with E-state index in [0.29, 0.717) is 19.1 Å². The van der Waals surface area contributed by atoms with E-state index < -0.39 is 0 Å². The molecular weight excluding hydrogens is 222 g/mol. The van der Waals surface area contributed by atoms with Crippen molar-refractivity contribution < 1.29 is 19.0 Å². The van der Waals surface area contributed by atoms with Gasteiger partial charge in [0.05, 0.1) is 26.9 Å². The number of carbonyl (C=O) groups excluding carboxylic acids is 1. The molecular formula is C12H23NO4. The lowest BCUT2D eigenvalue weighted by molar-refractivity contribution is -0.145. The van der Waals surface area contributed by atoms with Crippen molar-refractivity contribution in [3.05, 3.63) is 0 Å². The molecule has 0 aromatic heterocycles. The predicted molar refractivity (Wildman–Crippen MR) is 63.8 cm³/mol. The van der Waals surface area contributed by atoms with Crippen molar-refractivity contribution in [3.8, 4) is 0 Å². The summed E-state index contributed by atoms with van der Waals surface area (Å²) in [7, 11) is 1.39. The molecule has 1 heterocycles. The predicted octanol–water partition coefficient (Wildman–Crippen LogP) is 0.579. The zero-order valence-electron chi connectivity index (χ0n) is 10.9. The summed E-state index contributed by atoms with van der Waals surface area (Å²) >= 11 is 0. The molecule has 1 N–H and O–H groups in total. The molecule has 100 valence electrons. The Labute approximate surface area is 103 Å². The van der Waals surface area contributed by atoms with E-state index in [1.807, 2.05) is 13.8 Å². The van der Waals surface area contributed by atoms with Crippen molar-refractivity contribution in [2.75, 3.05) is 33.5 Å². The Kier molecular flexibility index (Phi) is 6.47. The number of hydrogen-bond donors (Lipinski definition) is 1. The quantitative estimate of drug-likeness (QED) is 0.665. The zero-order valence-corrected chi connectivity index (χ0v) is 10.9. The van der Waals surface area contributed by atoms with Crippen LogP contribution in [0.5, 0.6) is 0 Å². The summed E-state index contributed by atoms with van der Waals surface area (Å²) in [6, 6.07) is -0.167. The fraction of sp³-hybridized carbons (Fsp3) is 0.917. The third-order valence-electron chi connectivity index (χ3n) is 2.68. The molecule has 0 aromatic rings. The van der Waals surface area contributed by atoms with Crippen LogP contribution < -0.4 is 5.32 Å². The van der Waals surface area contributed by atoms with Crippen molar-refractivity contribution in [1.29, 1.82) is 0 Å². The molecule has 17 heavy (non-hydrogen) atoms. The van der Waals surface area contributed by atoms with Crippen LogP contribution in [0.25, 0.3) is 0 Å². The lowest BCUT2D eigenvalue weighted by Gasteiger charge is -2.19. The maximum Gasteiger partial charge on any atom is 0.325 e. The fourth-order valence-electron chi connectivity index (χ4n) is 1.80. The van der Waals surface area contributed by atoms with E-state index in [4.69, 9.17) is 14.2 Å². The van der Waals surface area contributed by atoms with E-state index in [1.165, 1.54) is 7.11 Å². The Morgan fingerprint density at radius 3 is 2.82 bits per heavy atom. The van der Waals surface area contributed by atoms with E-state index in [9.17, 15) is 4.79 Å². The second-order valence-corrected chi connectivity index (χ2v) is 4.66. The topological polar surface area (TPSA) is 56.8 Å². The van der Waals surface area contributed by atoms with Gasteiger partial charge in [0.15, 0.2) is 0 Å². The number of hydrogen-bond acceptors (Lipinski definition) is 5. The second kappa shape index (κ2) is 7.63.